The van der Waals surface area contributed by atoms with Crippen molar-refractivity contribution in [3.63, 3.8) is 0 Å². The fourth-order valence-electron chi connectivity index (χ4n) is 1.62. The summed E-state index contributed by atoms with van der Waals surface area (Å²) in [7, 11) is 1.77. The zero-order chi connectivity index (χ0) is 14.5. The molecule has 0 saturated heterocycles. The van der Waals surface area contributed by atoms with Gasteiger partial charge in [0.2, 0.25) is 5.75 Å². The van der Waals surface area contributed by atoms with Crippen molar-refractivity contribution >= 4 is 11.6 Å². The van der Waals surface area contributed by atoms with E-state index in [0.717, 1.165) is 0 Å². The van der Waals surface area contributed by atoms with Crippen LogP contribution in [0.2, 0.25) is 0 Å². The Labute approximate surface area is 115 Å². The molecule has 2 aromatic rings. The molecule has 0 spiro atoms. The van der Waals surface area contributed by atoms with Crippen molar-refractivity contribution in [3.8, 4) is 5.75 Å². The highest BCUT2D eigenvalue weighted by Crippen LogP contribution is 2.25. The van der Waals surface area contributed by atoms with Crippen LogP contribution in [0.25, 0.3) is 0 Å². The van der Waals surface area contributed by atoms with Gasteiger partial charge in [-0.1, -0.05) is 6.07 Å². The summed E-state index contributed by atoms with van der Waals surface area (Å²) < 4.78 is 5.44. The lowest BCUT2D eigenvalue weighted by Crippen LogP contribution is -2.04. The molecule has 0 aliphatic carbocycles. The van der Waals surface area contributed by atoms with E-state index in [-0.39, 0.29) is 18.2 Å². The quantitative estimate of drug-likeness (QED) is 0.664. The molecule has 0 fully saturated rings. The van der Waals surface area contributed by atoms with E-state index in [0.29, 0.717) is 17.2 Å². The summed E-state index contributed by atoms with van der Waals surface area (Å²) in [4.78, 5) is 18.5. The zero-order valence-corrected chi connectivity index (χ0v) is 11.2. The SMILES string of the molecule is CNc1cccc(COc2ccc(C)nc2[N+](=O)[O-])n1. The molecule has 0 amide bonds. The zero-order valence-electron chi connectivity index (χ0n) is 11.2. The van der Waals surface area contributed by atoms with Crippen LogP contribution in [-0.2, 0) is 6.61 Å². The summed E-state index contributed by atoms with van der Waals surface area (Å²) in [5.74, 6) is 0.565. The monoisotopic (exact) mass is 274 g/mol. The van der Waals surface area contributed by atoms with Crippen LogP contribution in [0.3, 0.4) is 0 Å². The van der Waals surface area contributed by atoms with Crippen LogP contribution in [0.15, 0.2) is 30.3 Å². The molecule has 0 aliphatic heterocycles. The number of rotatable bonds is 5. The van der Waals surface area contributed by atoms with Crippen LogP contribution in [0, 0.1) is 17.0 Å². The lowest BCUT2D eigenvalue weighted by atomic mass is 10.3. The van der Waals surface area contributed by atoms with E-state index in [1.165, 1.54) is 0 Å². The average molecular weight is 274 g/mol. The van der Waals surface area contributed by atoms with Crippen LogP contribution in [0.4, 0.5) is 11.6 Å². The molecule has 0 unspecified atom stereocenters. The van der Waals surface area contributed by atoms with Crippen molar-refractivity contribution in [2.45, 2.75) is 13.5 Å². The van der Waals surface area contributed by atoms with Gasteiger partial charge in [0, 0.05) is 14.0 Å². The van der Waals surface area contributed by atoms with Gasteiger partial charge in [0.15, 0.2) is 0 Å². The largest absolute Gasteiger partial charge is 0.479 e. The van der Waals surface area contributed by atoms with Gasteiger partial charge in [-0.15, -0.1) is 0 Å². The highest BCUT2D eigenvalue weighted by molar-refractivity contribution is 5.40. The number of nitro groups is 1. The van der Waals surface area contributed by atoms with Crippen LogP contribution < -0.4 is 10.1 Å². The Kier molecular flexibility index (Phi) is 4.09. The first-order chi connectivity index (χ1) is 9.60. The number of aryl methyl sites for hydroxylation is 1. The van der Waals surface area contributed by atoms with E-state index in [4.69, 9.17) is 4.74 Å². The minimum Gasteiger partial charge on any atom is -0.479 e. The normalized spacial score (nSPS) is 10.1. The van der Waals surface area contributed by atoms with Gasteiger partial charge in [0.25, 0.3) is 0 Å². The van der Waals surface area contributed by atoms with Gasteiger partial charge in [0.05, 0.1) is 5.69 Å². The lowest BCUT2D eigenvalue weighted by molar-refractivity contribution is -0.390. The maximum atomic E-state index is 10.9. The number of anilines is 1. The number of nitrogens with one attached hydrogen (secondary N) is 1. The maximum Gasteiger partial charge on any atom is 0.406 e. The third-order valence-corrected chi connectivity index (χ3v) is 2.59. The smallest absolute Gasteiger partial charge is 0.406 e. The van der Waals surface area contributed by atoms with Crippen molar-refractivity contribution in [2.75, 3.05) is 12.4 Å². The lowest BCUT2D eigenvalue weighted by Gasteiger charge is -2.07. The molecule has 20 heavy (non-hydrogen) atoms. The van der Waals surface area contributed by atoms with E-state index in [2.05, 4.69) is 15.3 Å². The van der Waals surface area contributed by atoms with Crippen LogP contribution in [-0.4, -0.2) is 21.9 Å². The van der Waals surface area contributed by atoms with Crippen LogP contribution in [0.1, 0.15) is 11.4 Å². The topological polar surface area (TPSA) is 90.2 Å². The first-order valence-corrected chi connectivity index (χ1v) is 5.98. The van der Waals surface area contributed by atoms with Gasteiger partial charge < -0.3 is 20.2 Å². The predicted octanol–water partition coefficient (Wildman–Crippen LogP) is 2.31. The first-order valence-electron chi connectivity index (χ1n) is 5.98. The number of aromatic nitrogens is 2. The second-order valence-corrected chi connectivity index (χ2v) is 4.08. The maximum absolute atomic E-state index is 10.9. The van der Waals surface area contributed by atoms with Crippen molar-refractivity contribution in [3.05, 3.63) is 51.8 Å². The van der Waals surface area contributed by atoms with Crippen molar-refractivity contribution in [2.24, 2.45) is 0 Å². The second-order valence-electron chi connectivity index (χ2n) is 4.08. The third kappa shape index (κ3) is 3.19. The molecule has 2 heterocycles. The van der Waals surface area contributed by atoms with Crippen molar-refractivity contribution in [1.29, 1.82) is 0 Å². The van der Waals surface area contributed by atoms with Crippen molar-refractivity contribution < 1.29 is 9.66 Å². The van der Waals surface area contributed by atoms with Gasteiger partial charge >= 0.3 is 5.82 Å². The fraction of sp³-hybridized carbons (Fsp3) is 0.231. The van der Waals surface area contributed by atoms with E-state index in [1.807, 2.05) is 12.1 Å². The minimum atomic E-state index is -0.556. The van der Waals surface area contributed by atoms with E-state index >= 15 is 0 Å². The molecular weight excluding hydrogens is 260 g/mol. The molecule has 2 aromatic heterocycles. The van der Waals surface area contributed by atoms with Crippen molar-refractivity contribution in [1.82, 2.24) is 9.97 Å². The average Bonchev–Trinajstić information content (AvgIpc) is 2.46. The molecule has 7 heteroatoms. The summed E-state index contributed by atoms with van der Waals surface area (Å²) in [5.41, 5.74) is 1.24. The number of ether oxygens (including phenoxy) is 1. The Morgan fingerprint density at radius 2 is 2.10 bits per heavy atom. The molecule has 7 nitrogen and oxygen atoms in total. The van der Waals surface area contributed by atoms with E-state index in [1.54, 1.807) is 32.2 Å². The molecule has 2 rings (SSSR count). The summed E-state index contributed by atoms with van der Waals surface area (Å²) in [5, 5.41) is 13.8. The predicted molar refractivity (Wildman–Crippen MR) is 73.7 cm³/mol. The van der Waals surface area contributed by atoms with E-state index in [9.17, 15) is 10.1 Å². The second kappa shape index (κ2) is 5.96. The Morgan fingerprint density at radius 1 is 1.30 bits per heavy atom. The Bertz CT molecular complexity index is 631. The summed E-state index contributed by atoms with van der Waals surface area (Å²) in [6.07, 6.45) is 0. The van der Waals surface area contributed by atoms with Gasteiger partial charge in [-0.3, -0.25) is 0 Å². The Balaban J connectivity index is 2.16. The third-order valence-electron chi connectivity index (χ3n) is 2.59. The number of hydrogen-bond acceptors (Lipinski definition) is 6. The molecule has 0 saturated carbocycles. The van der Waals surface area contributed by atoms with Gasteiger partial charge in [0.1, 0.15) is 18.1 Å². The standard InChI is InChI=1S/C13H14N4O3/c1-9-6-7-11(13(15-9)17(18)19)20-8-10-4-3-5-12(14-2)16-10/h3-7H,8H2,1-2H3,(H,14,16). The molecule has 0 bridgehead atoms. The summed E-state index contributed by atoms with van der Waals surface area (Å²) in [6, 6.07) is 8.65. The molecule has 1 N–H and O–H groups in total. The van der Waals surface area contributed by atoms with E-state index < -0.39 is 4.92 Å². The molecule has 0 aromatic carbocycles. The molecule has 0 radical (unpaired) electrons. The summed E-state index contributed by atoms with van der Waals surface area (Å²) in [6.45, 7) is 1.83. The molecule has 0 atom stereocenters. The number of hydrogen-bond donors (Lipinski definition) is 1. The van der Waals surface area contributed by atoms with Crippen LogP contribution in [0.5, 0.6) is 5.75 Å². The first kappa shape index (κ1) is 13.7. The van der Waals surface area contributed by atoms with Gasteiger partial charge in [-0.05, 0) is 34.2 Å². The minimum absolute atomic E-state index is 0.136. The Hall–Kier alpha value is -2.70. The van der Waals surface area contributed by atoms with Gasteiger partial charge in [-0.2, -0.15) is 0 Å². The Morgan fingerprint density at radius 3 is 2.80 bits per heavy atom. The number of pyridine rings is 2. The molecular formula is C13H14N4O3. The molecule has 0 aliphatic rings. The highest BCUT2D eigenvalue weighted by Gasteiger charge is 2.17. The summed E-state index contributed by atoms with van der Waals surface area (Å²) >= 11 is 0. The highest BCUT2D eigenvalue weighted by atomic mass is 16.6. The van der Waals surface area contributed by atoms with Crippen LogP contribution >= 0.6 is 0 Å². The van der Waals surface area contributed by atoms with Gasteiger partial charge in [-0.25, -0.2) is 4.98 Å². The molecule has 104 valence electrons. The fourth-order valence-corrected chi connectivity index (χ4v) is 1.62. The number of nitrogens with zero attached hydrogens (tertiary/aromatic N) is 3.